The van der Waals surface area contributed by atoms with Gasteiger partial charge >= 0.3 is 0 Å². The Morgan fingerprint density at radius 1 is 1.00 bits per heavy atom. The van der Waals surface area contributed by atoms with Crippen molar-refractivity contribution in [2.45, 2.75) is 13.3 Å². The van der Waals surface area contributed by atoms with Gasteiger partial charge in [0.2, 0.25) is 5.88 Å². The zero-order valence-electron chi connectivity index (χ0n) is 21.5. The summed E-state index contributed by atoms with van der Waals surface area (Å²) < 4.78 is 5.18. The van der Waals surface area contributed by atoms with E-state index in [1.807, 2.05) is 47.4 Å². The molecule has 0 unspecified atom stereocenters. The lowest BCUT2D eigenvalue weighted by Crippen LogP contribution is -2.48. The second-order valence-electron chi connectivity index (χ2n) is 9.13. The van der Waals surface area contributed by atoms with Crippen LogP contribution in [0.15, 0.2) is 73.3 Å². The minimum Gasteiger partial charge on any atom is -0.480 e. The van der Waals surface area contributed by atoms with E-state index >= 15 is 0 Å². The van der Waals surface area contributed by atoms with Gasteiger partial charge in [0.05, 0.1) is 18.3 Å². The van der Waals surface area contributed by atoms with Gasteiger partial charge < -0.3 is 14.5 Å². The molecule has 1 aliphatic rings. The molecule has 0 radical (unpaired) electrons. The number of piperazine rings is 1. The first kappa shape index (κ1) is 24.9. The summed E-state index contributed by atoms with van der Waals surface area (Å²) >= 11 is 0. The minimum absolute atomic E-state index is 0.0148. The van der Waals surface area contributed by atoms with E-state index in [1.54, 1.807) is 12.3 Å². The number of ether oxygens (including phenoxy) is 1. The van der Waals surface area contributed by atoms with Crippen LogP contribution in [-0.4, -0.2) is 63.9 Å². The van der Waals surface area contributed by atoms with Gasteiger partial charge in [0.15, 0.2) is 0 Å². The molecule has 0 atom stereocenters. The van der Waals surface area contributed by atoms with E-state index < -0.39 is 0 Å². The third-order valence-corrected chi connectivity index (χ3v) is 6.94. The number of nitrogens with zero attached hydrogens (tertiary/aromatic N) is 6. The molecule has 0 spiro atoms. The van der Waals surface area contributed by atoms with Crippen LogP contribution in [-0.2, 0) is 0 Å². The van der Waals surface area contributed by atoms with Gasteiger partial charge in [-0.05, 0) is 42.3 Å². The highest BCUT2D eigenvalue weighted by atomic mass is 16.5. The van der Waals surface area contributed by atoms with Crippen molar-refractivity contribution in [3.8, 4) is 34.3 Å². The fraction of sp³-hybridized carbons (Fsp3) is 0.233. The zero-order chi connectivity index (χ0) is 26.6. The van der Waals surface area contributed by atoms with Gasteiger partial charge in [-0.1, -0.05) is 31.7 Å². The molecule has 8 heteroatoms. The zero-order valence-corrected chi connectivity index (χ0v) is 21.5. The summed E-state index contributed by atoms with van der Waals surface area (Å²) in [5.41, 5.74) is 6.12. The van der Waals surface area contributed by atoms with Crippen LogP contribution in [0.2, 0.25) is 0 Å². The minimum atomic E-state index is 0.0148. The summed E-state index contributed by atoms with van der Waals surface area (Å²) in [7, 11) is 1.49. The summed E-state index contributed by atoms with van der Waals surface area (Å²) in [6, 6.07) is 17.3. The highest BCUT2D eigenvalue weighted by Gasteiger charge is 2.23. The number of rotatable bonds is 6. The van der Waals surface area contributed by atoms with Crippen molar-refractivity contribution in [1.29, 1.82) is 5.26 Å². The number of allylic oxidation sites excluding steroid dienone is 1. The topological polar surface area (TPSA) is 95.2 Å². The number of benzene rings is 2. The smallest absolute Gasteiger partial charge is 0.253 e. The maximum Gasteiger partial charge on any atom is 0.253 e. The molecule has 0 N–H and O–H groups in total. The van der Waals surface area contributed by atoms with Crippen LogP contribution in [0.5, 0.6) is 5.88 Å². The molecule has 2 aromatic heterocycles. The number of carbonyl (C=O) groups is 1. The average Bonchev–Trinajstić information content (AvgIpc) is 2.99. The summed E-state index contributed by atoms with van der Waals surface area (Å²) in [4.78, 5) is 30.8. The van der Waals surface area contributed by atoms with Gasteiger partial charge in [0.1, 0.15) is 18.0 Å². The second kappa shape index (κ2) is 10.7. The van der Waals surface area contributed by atoms with Crippen LogP contribution in [0.3, 0.4) is 0 Å². The molecule has 1 amide bonds. The number of nitriles is 1. The van der Waals surface area contributed by atoms with Crippen LogP contribution in [0, 0.1) is 11.3 Å². The number of fused-ring (bicyclic) bond motifs is 1. The number of hydrogen-bond acceptors (Lipinski definition) is 7. The Morgan fingerprint density at radius 2 is 1.79 bits per heavy atom. The predicted molar refractivity (Wildman–Crippen MR) is 146 cm³/mol. The second-order valence-corrected chi connectivity index (χ2v) is 9.13. The van der Waals surface area contributed by atoms with Gasteiger partial charge in [-0.15, -0.1) is 0 Å². The lowest BCUT2D eigenvalue weighted by molar-refractivity contribution is 0.0668. The molecule has 3 heterocycles. The van der Waals surface area contributed by atoms with Crippen LogP contribution in [0.25, 0.3) is 33.3 Å². The lowest BCUT2D eigenvalue weighted by atomic mass is 9.99. The first-order valence-corrected chi connectivity index (χ1v) is 12.5. The Bertz CT molecular complexity index is 1570. The van der Waals surface area contributed by atoms with Crippen LogP contribution in [0.1, 0.15) is 29.3 Å². The maximum atomic E-state index is 13.4. The third kappa shape index (κ3) is 4.78. The molecule has 0 bridgehead atoms. The number of methoxy groups -OCH3 is 1. The molecule has 8 nitrogen and oxygen atoms in total. The van der Waals surface area contributed by atoms with Crippen LogP contribution < -0.4 is 4.74 Å². The van der Waals surface area contributed by atoms with Crippen molar-refractivity contribution in [3.63, 3.8) is 0 Å². The van der Waals surface area contributed by atoms with E-state index in [1.165, 1.54) is 13.4 Å². The normalized spacial score (nSPS) is 13.3. The van der Waals surface area contributed by atoms with Crippen molar-refractivity contribution < 1.29 is 9.53 Å². The number of hydrogen-bond donors (Lipinski definition) is 0. The molecule has 0 saturated carbocycles. The van der Waals surface area contributed by atoms with E-state index in [0.717, 1.165) is 58.5 Å². The highest BCUT2D eigenvalue weighted by molar-refractivity contribution is 5.98. The molecular formula is C30H28N6O2. The van der Waals surface area contributed by atoms with E-state index in [4.69, 9.17) is 4.74 Å². The number of carbonyl (C=O) groups excluding carboxylic acids is 1. The largest absolute Gasteiger partial charge is 0.480 e. The van der Waals surface area contributed by atoms with Gasteiger partial charge in [-0.3, -0.25) is 4.79 Å². The Hall–Kier alpha value is -4.77. The first-order chi connectivity index (χ1) is 18.5. The van der Waals surface area contributed by atoms with Crippen molar-refractivity contribution in [2.75, 3.05) is 33.3 Å². The van der Waals surface area contributed by atoms with Gasteiger partial charge in [0.25, 0.3) is 5.91 Å². The summed E-state index contributed by atoms with van der Waals surface area (Å²) in [5, 5.41) is 10.3. The third-order valence-electron chi connectivity index (χ3n) is 6.94. The number of amides is 1. The molecule has 1 aliphatic heterocycles. The van der Waals surface area contributed by atoms with Crippen LogP contribution >= 0.6 is 0 Å². The predicted octanol–water partition coefficient (Wildman–Crippen LogP) is 4.92. The molecule has 0 aliphatic carbocycles. The SMILES string of the molecule is C=C(CC)N1CCN(C(=O)c2cccc(-c3ncnc4ccc(-c5cnc(OC)c(C#N)c5)cc34)c2)CC1. The van der Waals surface area contributed by atoms with Crippen LogP contribution in [0.4, 0.5) is 0 Å². The lowest BCUT2D eigenvalue weighted by Gasteiger charge is -2.37. The molecule has 1 fully saturated rings. The average molecular weight is 505 g/mol. The van der Waals surface area contributed by atoms with Crippen molar-refractivity contribution in [3.05, 3.63) is 84.5 Å². The van der Waals surface area contributed by atoms with E-state index in [2.05, 4.69) is 39.4 Å². The maximum absolute atomic E-state index is 13.4. The van der Waals surface area contributed by atoms with Gasteiger partial charge in [-0.2, -0.15) is 5.26 Å². The standard InChI is InChI=1S/C30H28N6O2/c1-4-20(2)35-10-12-36(13-11-35)30(37)23-7-5-6-22(14-23)28-26-16-21(8-9-27(26)33-19-34-28)25-15-24(17-31)29(38-3)32-18-25/h5-9,14-16,18-19H,2,4,10-13H2,1,3H3. The Kier molecular flexibility index (Phi) is 7.00. The molecule has 4 aromatic rings. The highest BCUT2D eigenvalue weighted by Crippen LogP contribution is 2.31. The molecule has 190 valence electrons. The molecule has 38 heavy (non-hydrogen) atoms. The number of aromatic nitrogens is 3. The van der Waals surface area contributed by atoms with E-state index in [0.29, 0.717) is 30.1 Å². The quantitative estimate of drug-likeness (QED) is 0.368. The first-order valence-electron chi connectivity index (χ1n) is 12.5. The summed E-state index contributed by atoms with van der Waals surface area (Å²) in [6.45, 7) is 9.16. The Labute approximate surface area is 221 Å². The molecular weight excluding hydrogens is 476 g/mol. The summed E-state index contributed by atoms with van der Waals surface area (Å²) in [5.74, 6) is 0.306. The molecule has 5 rings (SSSR count). The molecule has 2 aromatic carbocycles. The fourth-order valence-electron chi connectivity index (χ4n) is 4.75. The van der Waals surface area contributed by atoms with Gasteiger partial charge in [0, 0.05) is 60.1 Å². The van der Waals surface area contributed by atoms with E-state index in [-0.39, 0.29) is 5.91 Å². The number of pyridine rings is 1. The fourth-order valence-corrected chi connectivity index (χ4v) is 4.75. The Balaban J connectivity index is 1.46. The van der Waals surface area contributed by atoms with Crippen molar-refractivity contribution in [1.82, 2.24) is 24.8 Å². The van der Waals surface area contributed by atoms with E-state index in [9.17, 15) is 10.1 Å². The summed E-state index contributed by atoms with van der Waals surface area (Å²) in [6.07, 6.45) is 4.13. The van der Waals surface area contributed by atoms with Crippen molar-refractivity contribution in [2.24, 2.45) is 0 Å². The Morgan fingerprint density at radius 3 is 2.53 bits per heavy atom. The monoisotopic (exact) mass is 504 g/mol. The molecule has 1 saturated heterocycles. The van der Waals surface area contributed by atoms with Crippen molar-refractivity contribution >= 4 is 16.8 Å². The van der Waals surface area contributed by atoms with Gasteiger partial charge in [-0.25, -0.2) is 15.0 Å².